The van der Waals surface area contributed by atoms with Gasteiger partial charge in [-0.05, 0) is 58.9 Å². The fourth-order valence-corrected chi connectivity index (χ4v) is 6.37. The zero-order chi connectivity index (χ0) is 32.7. The molecule has 0 unspecified atom stereocenters. The van der Waals surface area contributed by atoms with Crippen molar-refractivity contribution in [1.82, 2.24) is 0 Å². The molecule has 16 heteroatoms. The number of carbonyl (C=O) groups excluding carboxylic acids is 1. The van der Waals surface area contributed by atoms with Crippen molar-refractivity contribution in [1.29, 1.82) is 0 Å². The first kappa shape index (κ1) is 38.9. The average molecular weight is 687 g/mol. The van der Waals surface area contributed by atoms with E-state index in [4.69, 9.17) is 29.6 Å². The van der Waals surface area contributed by atoms with E-state index in [-0.39, 0.29) is 55.2 Å². The van der Waals surface area contributed by atoms with E-state index < -0.39 is 39.3 Å². The number of halogens is 1. The van der Waals surface area contributed by atoms with Crippen LogP contribution in [-0.2, 0) is 55.0 Å². The molecule has 0 aliphatic heterocycles. The molecule has 244 valence electrons. The molecule has 43 heavy (non-hydrogen) atoms. The summed E-state index contributed by atoms with van der Waals surface area (Å²) < 4.78 is 95.1. The van der Waals surface area contributed by atoms with Gasteiger partial charge in [0.05, 0.1) is 62.5 Å². The molecule has 2 aromatic carbocycles. The lowest BCUT2D eigenvalue weighted by molar-refractivity contribution is -0.156. The average Bonchev–Trinajstić information content (AvgIpc) is 2.88. The van der Waals surface area contributed by atoms with Crippen LogP contribution in [0.4, 0.5) is 0 Å². The summed E-state index contributed by atoms with van der Waals surface area (Å²) >= 11 is 0. The third kappa shape index (κ3) is 16.0. The van der Waals surface area contributed by atoms with Gasteiger partial charge in [0.2, 0.25) is 0 Å². The number of carbonyl (C=O) groups is 1. The number of hydrogen-bond donors (Lipinski definition) is 0. The summed E-state index contributed by atoms with van der Waals surface area (Å²) in [4.78, 5) is 11.3. The standard InChI is InChI=1S/C20H32O10S2.C7H7ClO2S/c1-17-5-7-18(8-6-17)31(22,23)32(24,25)29-16-15-28-14-13-27-12-11-26-10-9-19(21)30-20(2,3)4;1-6-2-4-7(5-3-6)11(8,9)10/h5-8H,9-16H2,1-4H3;2-5H,1H3. The Balaban J connectivity index is 0.000000699. The molecule has 0 amide bonds. The smallest absolute Gasteiger partial charge is 0.379 e. The lowest BCUT2D eigenvalue weighted by atomic mass is 10.2. The van der Waals surface area contributed by atoms with Gasteiger partial charge in [0.25, 0.3) is 9.05 Å². The van der Waals surface area contributed by atoms with Crippen molar-refractivity contribution >= 4 is 43.7 Å². The van der Waals surface area contributed by atoms with E-state index in [1.165, 1.54) is 36.4 Å². The summed E-state index contributed by atoms with van der Waals surface area (Å²) in [6.07, 6.45) is 0.156. The molecular formula is C27H39ClO12S3. The molecule has 0 aliphatic rings. The van der Waals surface area contributed by atoms with Crippen LogP contribution in [0.1, 0.15) is 38.3 Å². The summed E-state index contributed by atoms with van der Waals surface area (Å²) in [5.41, 5.74) is 1.28. The van der Waals surface area contributed by atoms with Gasteiger partial charge in [-0.25, -0.2) is 16.8 Å². The predicted molar refractivity (Wildman–Crippen MR) is 160 cm³/mol. The lowest BCUT2D eigenvalue weighted by Gasteiger charge is -2.19. The van der Waals surface area contributed by atoms with E-state index in [2.05, 4.69) is 4.18 Å². The van der Waals surface area contributed by atoms with Gasteiger partial charge >= 0.3 is 24.0 Å². The van der Waals surface area contributed by atoms with Gasteiger partial charge < -0.3 is 18.9 Å². The Morgan fingerprint density at radius 1 is 0.651 bits per heavy atom. The van der Waals surface area contributed by atoms with E-state index in [1.807, 2.05) is 6.92 Å². The SMILES string of the molecule is Cc1ccc(S(=O)(=O)Cl)cc1.Cc1ccc(S(=O)(=O)S(=O)(=O)OCCOCCOCCOCCC(=O)OC(C)(C)C)cc1. The number of hydrogen-bond acceptors (Lipinski definition) is 12. The number of benzene rings is 2. The van der Waals surface area contributed by atoms with Crippen molar-refractivity contribution in [2.75, 3.05) is 46.2 Å². The van der Waals surface area contributed by atoms with Crippen LogP contribution >= 0.6 is 10.7 Å². The minimum Gasteiger partial charge on any atom is -0.460 e. The summed E-state index contributed by atoms with van der Waals surface area (Å²) in [6.45, 7) is 9.63. The molecule has 0 bridgehead atoms. The highest BCUT2D eigenvalue weighted by atomic mass is 35.7. The molecule has 2 rings (SSSR count). The summed E-state index contributed by atoms with van der Waals surface area (Å²) in [6, 6.07) is 11.8. The topological polar surface area (TPSA) is 166 Å². The van der Waals surface area contributed by atoms with Crippen molar-refractivity contribution < 1.29 is 53.2 Å². The second-order valence-electron chi connectivity index (χ2n) is 9.92. The quantitative estimate of drug-likeness (QED) is 0.109. The third-order valence-corrected chi connectivity index (χ3v) is 10.6. The Kier molecular flexibility index (Phi) is 16.3. The van der Waals surface area contributed by atoms with Gasteiger partial charge in [-0.2, -0.15) is 8.42 Å². The Labute approximate surface area is 258 Å². The molecule has 0 saturated heterocycles. The van der Waals surface area contributed by atoms with Crippen LogP contribution in [0.5, 0.6) is 0 Å². The molecule has 12 nitrogen and oxygen atoms in total. The number of aryl methyl sites for hydroxylation is 2. The summed E-state index contributed by atoms with van der Waals surface area (Å²) in [7, 11) is -7.96. The fraction of sp³-hybridized carbons (Fsp3) is 0.519. The van der Waals surface area contributed by atoms with Crippen LogP contribution in [0.25, 0.3) is 0 Å². The van der Waals surface area contributed by atoms with Crippen molar-refractivity contribution in [3.63, 3.8) is 0 Å². The highest BCUT2D eigenvalue weighted by Gasteiger charge is 2.33. The molecule has 0 saturated carbocycles. The lowest BCUT2D eigenvalue weighted by Crippen LogP contribution is -2.24. The number of rotatable bonds is 16. The molecule has 0 atom stereocenters. The normalized spacial score (nSPS) is 12.3. The third-order valence-electron chi connectivity index (χ3n) is 4.95. The second kappa shape index (κ2) is 18.0. The minimum atomic E-state index is -4.84. The molecule has 0 fully saturated rings. The van der Waals surface area contributed by atoms with Gasteiger partial charge in [-0.1, -0.05) is 35.4 Å². The largest absolute Gasteiger partial charge is 0.460 e. The Morgan fingerprint density at radius 2 is 1.05 bits per heavy atom. The summed E-state index contributed by atoms with van der Waals surface area (Å²) in [5, 5.41) is 0. The highest BCUT2D eigenvalue weighted by Crippen LogP contribution is 2.19. The Hall–Kier alpha value is -2.11. The maximum Gasteiger partial charge on any atom is 0.379 e. The molecule has 0 aliphatic carbocycles. The first-order valence-electron chi connectivity index (χ1n) is 13.0. The molecule has 0 heterocycles. The fourth-order valence-electron chi connectivity index (χ4n) is 2.87. The van der Waals surface area contributed by atoms with Gasteiger partial charge in [0, 0.05) is 10.7 Å². The highest BCUT2D eigenvalue weighted by molar-refractivity contribution is 8.65. The maximum absolute atomic E-state index is 12.2. The zero-order valence-electron chi connectivity index (χ0n) is 24.8. The summed E-state index contributed by atoms with van der Waals surface area (Å²) in [5.74, 6) is -0.331. The predicted octanol–water partition coefficient (Wildman–Crippen LogP) is 3.73. The van der Waals surface area contributed by atoms with Crippen LogP contribution in [0.15, 0.2) is 58.3 Å². The van der Waals surface area contributed by atoms with Crippen molar-refractivity contribution in [3.8, 4) is 0 Å². The van der Waals surface area contributed by atoms with Crippen LogP contribution in [0, 0.1) is 13.8 Å². The molecule has 0 aromatic heterocycles. The zero-order valence-corrected chi connectivity index (χ0v) is 28.0. The Bertz CT molecular complexity index is 1450. The van der Waals surface area contributed by atoms with E-state index in [0.29, 0.717) is 6.61 Å². The number of ether oxygens (including phenoxy) is 4. The van der Waals surface area contributed by atoms with Crippen LogP contribution in [0.3, 0.4) is 0 Å². The van der Waals surface area contributed by atoms with Gasteiger partial charge in [-0.15, -0.1) is 0 Å². The van der Waals surface area contributed by atoms with Crippen molar-refractivity contribution in [3.05, 3.63) is 59.7 Å². The van der Waals surface area contributed by atoms with Crippen molar-refractivity contribution in [2.24, 2.45) is 0 Å². The Morgan fingerprint density at radius 3 is 1.47 bits per heavy atom. The first-order valence-corrected chi connectivity index (χ1v) is 18.7. The van der Waals surface area contributed by atoms with E-state index in [9.17, 15) is 30.0 Å². The van der Waals surface area contributed by atoms with Crippen LogP contribution in [-0.4, -0.2) is 83.1 Å². The number of esters is 1. The molecule has 0 radical (unpaired) electrons. The minimum absolute atomic E-state index is 0.127. The van der Waals surface area contributed by atoms with E-state index >= 15 is 0 Å². The second-order valence-corrected chi connectivity index (χ2v) is 17.5. The first-order chi connectivity index (χ1) is 19.8. The molecule has 0 N–H and O–H groups in total. The molecule has 2 aromatic rings. The van der Waals surface area contributed by atoms with Crippen molar-refractivity contribution in [2.45, 2.75) is 56.4 Å². The van der Waals surface area contributed by atoms with Gasteiger partial charge in [0.15, 0.2) is 0 Å². The van der Waals surface area contributed by atoms with E-state index in [0.717, 1.165) is 11.1 Å². The monoisotopic (exact) mass is 686 g/mol. The van der Waals surface area contributed by atoms with Crippen LogP contribution in [0.2, 0.25) is 0 Å². The molecule has 0 spiro atoms. The maximum atomic E-state index is 12.2. The van der Waals surface area contributed by atoms with Gasteiger partial charge in [0.1, 0.15) is 5.60 Å². The van der Waals surface area contributed by atoms with E-state index in [1.54, 1.807) is 39.8 Å². The molecular weight excluding hydrogens is 648 g/mol. The van der Waals surface area contributed by atoms with Crippen LogP contribution < -0.4 is 0 Å². The van der Waals surface area contributed by atoms with Gasteiger partial charge in [-0.3, -0.25) is 8.98 Å².